The van der Waals surface area contributed by atoms with Gasteiger partial charge in [-0.3, -0.25) is 4.79 Å². The van der Waals surface area contributed by atoms with Gasteiger partial charge in [-0.15, -0.1) is 11.3 Å². The molecule has 8 nitrogen and oxygen atoms in total. The molecule has 1 aromatic carbocycles. The molecular formula is C21H21BN6O2S. The average Bonchev–Trinajstić information content (AvgIpc) is 3.12. The summed E-state index contributed by atoms with van der Waals surface area (Å²) >= 11 is 1.27. The van der Waals surface area contributed by atoms with Crippen LogP contribution in [0.1, 0.15) is 28.1 Å². The molecule has 1 fully saturated rings. The molecule has 5 rings (SSSR count). The zero-order chi connectivity index (χ0) is 21.7. The average molecular weight is 432 g/mol. The first kappa shape index (κ1) is 20.0. The highest BCUT2D eigenvalue weighted by atomic mass is 32.1. The van der Waals surface area contributed by atoms with Gasteiger partial charge in [-0.2, -0.15) is 0 Å². The van der Waals surface area contributed by atoms with Crippen molar-refractivity contribution in [3.63, 3.8) is 0 Å². The maximum Gasteiger partial charge on any atom is 0.332 e. The van der Waals surface area contributed by atoms with E-state index in [4.69, 9.17) is 7.85 Å². The third kappa shape index (κ3) is 3.45. The first-order valence-corrected chi connectivity index (χ1v) is 11.0. The lowest BCUT2D eigenvalue weighted by molar-refractivity contribution is 0.0922. The summed E-state index contributed by atoms with van der Waals surface area (Å²) < 4.78 is 0. The molecule has 156 valence electrons. The first-order valence-electron chi connectivity index (χ1n) is 10.2. The molecule has 2 N–H and O–H groups in total. The van der Waals surface area contributed by atoms with Crippen LogP contribution in [0.25, 0.3) is 10.2 Å². The van der Waals surface area contributed by atoms with Crippen LogP contribution in [0.3, 0.4) is 0 Å². The lowest BCUT2D eigenvalue weighted by Gasteiger charge is -2.30. The van der Waals surface area contributed by atoms with Gasteiger partial charge in [0.15, 0.2) is 5.82 Å². The Morgan fingerprint density at radius 3 is 2.81 bits per heavy atom. The molecule has 10 heteroatoms. The van der Waals surface area contributed by atoms with Crippen molar-refractivity contribution in [2.75, 3.05) is 30.4 Å². The number of hydrogen-bond acceptors (Lipinski definition) is 6. The van der Waals surface area contributed by atoms with E-state index in [2.05, 4.69) is 32.5 Å². The highest BCUT2D eigenvalue weighted by Gasteiger charge is 2.34. The van der Waals surface area contributed by atoms with Gasteiger partial charge in [-0.25, -0.2) is 19.7 Å². The van der Waals surface area contributed by atoms with Crippen LogP contribution >= 0.6 is 11.3 Å². The van der Waals surface area contributed by atoms with Crippen molar-refractivity contribution >= 4 is 64.0 Å². The number of aryl methyl sites for hydroxylation is 1. The Hall–Kier alpha value is -2.98. The number of rotatable bonds is 3. The molecule has 2 aliphatic rings. The molecule has 0 saturated carbocycles. The third-order valence-corrected chi connectivity index (χ3v) is 6.99. The smallest absolute Gasteiger partial charge is 0.332 e. The minimum Gasteiger partial charge on any atom is -0.348 e. The predicted octanol–water partition coefficient (Wildman–Crippen LogP) is 2.30. The van der Waals surface area contributed by atoms with Gasteiger partial charge in [-0.05, 0) is 52.0 Å². The van der Waals surface area contributed by atoms with E-state index < -0.39 is 0 Å². The molecule has 2 aromatic heterocycles. The fourth-order valence-electron chi connectivity index (χ4n) is 4.04. The second-order valence-corrected chi connectivity index (χ2v) is 9.04. The zero-order valence-electron chi connectivity index (χ0n) is 17.3. The van der Waals surface area contributed by atoms with Crippen molar-refractivity contribution in [1.82, 2.24) is 20.2 Å². The predicted molar refractivity (Wildman–Crippen MR) is 123 cm³/mol. The van der Waals surface area contributed by atoms with Gasteiger partial charge in [-0.1, -0.05) is 17.1 Å². The van der Waals surface area contributed by atoms with Crippen molar-refractivity contribution in [1.29, 1.82) is 0 Å². The molecule has 0 atom stereocenters. The van der Waals surface area contributed by atoms with Crippen LogP contribution in [0.4, 0.5) is 22.0 Å². The molecule has 0 bridgehead atoms. The molecule has 3 amide bonds. The monoisotopic (exact) mass is 432 g/mol. The van der Waals surface area contributed by atoms with Crippen LogP contribution in [-0.2, 0) is 0 Å². The number of piperidine rings is 1. The quantitative estimate of drug-likeness (QED) is 0.620. The maximum atomic E-state index is 13.1. The van der Waals surface area contributed by atoms with Crippen molar-refractivity contribution in [3.05, 3.63) is 35.0 Å². The third-order valence-electron chi connectivity index (χ3n) is 5.90. The van der Waals surface area contributed by atoms with E-state index >= 15 is 0 Å². The van der Waals surface area contributed by atoms with E-state index in [-0.39, 0.29) is 18.0 Å². The van der Waals surface area contributed by atoms with Gasteiger partial charge in [0.2, 0.25) is 0 Å². The number of thiophene rings is 1. The molecule has 0 unspecified atom stereocenters. The summed E-state index contributed by atoms with van der Waals surface area (Å²) in [5.74, 6) is 0.258. The number of anilines is 3. The molecule has 2 radical (unpaired) electrons. The Labute approximate surface area is 185 Å². The van der Waals surface area contributed by atoms with E-state index in [0.29, 0.717) is 37.7 Å². The van der Waals surface area contributed by atoms with Crippen LogP contribution in [0, 0.1) is 6.92 Å². The van der Waals surface area contributed by atoms with Crippen molar-refractivity contribution in [2.24, 2.45) is 0 Å². The van der Waals surface area contributed by atoms with Gasteiger partial charge in [0.05, 0.1) is 16.8 Å². The van der Waals surface area contributed by atoms with Crippen molar-refractivity contribution < 1.29 is 9.59 Å². The Kier molecular flexibility index (Phi) is 4.90. The number of nitrogens with one attached hydrogen (secondary N) is 2. The number of hydrogen-bond donors (Lipinski definition) is 2. The Morgan fingerprint density at radius 2 is 2.06 bits per heavy atom. The van der Waals surface area contributed by atoms with Crippen LogP contribution in [0.15, 0.2) is 24.5 Å². The second-order valence-electron chi connectivity index (χ2n) is 8.04. The molecule has 2 aliphatic heterocycles. The molecule has 0 aliphatic carbocycles. The summed E-state index contributed by atoms with van der Waals surface area (Å²) in [6.45, 7) is 3.81. The van der Waals surface area contributed by atoms with E-state index in [0.717, 1.165) is 31.5 Å². The highest BCUT2D eigenvalue weighted by Crippen LogP contribution is 2.44. The topological polar surface area (TPSA) is 90.5 Å². The fraction of sp³-hybridized carbons (Fsp3) is 0.333. The van der Waals surface area contributed by atoms with Crippen LogP contribution in [0.5, 0.6) is 0 Å². The summed E-state index contributed by atoms with van der Waals surface area (Å²) in [5, 5.41) is 6.68. The van der Waals surface area contributed by atoms with Crippen LogP contribution in [0.2, 0.25) is 0 Å². The van der Waals surface area contributed by atoms with Gasteiger partial charge in [0.25, 0.3) is 5.91 Å². The van der Waals surface area contributed by atoms with Gasteiger partial charge in [0.1, 0.15) is 23.9 Å². The number of carbonyl (C=O) groups is 2. The summed E-state index contributed by atoms with van der Waals surface area (Å²) in [5.41, 5.74) is 2.60. The maximum absolute atomic E-state index is 13.1. The largest absolute Gasteiger partial charge is 0.348 e. The number of aromatic nitrogens is 2. The molecular weight excluding hydrogens is 411 g/mol. The number of amides is 3. The fourth-order valence-corrected chi connectivity index (χ4v) is 5.03. The number of carbonyl (C=O) groups excluding carboxylic acids is 2. The molecule has 1 saturated heterocycles. The SMILES string of the molecule is [B]c1cc(N2C(=O)Nc3c(C(=O)NC4CCN(C)CC4)sc4ncnc2c34)ccc1C. The minimum atomic E-state index is -0.387. The van der Waals surface area contributed by atoms with Gasteiger partial charge < -0.3 is 15.5 Å². The number of nitrogens with zero attached hydrogens (tertiary/aromatic N) is 4. The standard InChI is InChI=1S/C21H21BN6O2S/c1-11-3-4-13(9-14(11)22)28-18-15-16(26-21(28)30)17(31-20(15)24-10-23-18)19(29)25-12-5-7-27(2)8-6-12/h3-4,9-10,12H,5-8H2,1-2H3,(H,25,29)(H,26,30). The highest BCUT2D eigenvalue weighted by molar-refractivity contribution is 7.21. The van der Waals surface area contributed by atoms with Crippen LogP contribution < -0.4 is 21.0 Å². The van der Waals surface area contributed by atoms with E-state index in [1.54, 1.807) is 6.07 Å². The van der Waals surface area contributed by atoms with Crippen molar-refractivity contribution in [3.8, 4) is 0 Å². The van der Waals surface area contributed by atoms with Crippen LogP contribution in [-0.4, -0.2) is 60.8 Å². The molecule has 31 heavy (non-hydrogen) atoms. The summed E-state index contributed by atoms with van der Waals surface area (Å²) in [6, 6.07) is 5.17. The van der Waals surface area contributed by atoms with E-state index in [1.807, 2.05) is 19.1 Å². The number of benzene rings is 1. The Balaban J connectivity index is 1.53. The molecule has 0 spiro atoms. The lowest BCUT2D eigenvalue weighted by atomic mass is 9.90. The second kappa shape index (κ2) is 7.62. The summed E-state index contributed by atoms with van der Waals surface area (Å²) in [4.78, 5) is 39.7. The normalized spacial score (nSPS) is 17.1. The van der Waals surface area contributed by atoms with Gasteiger partial charge in [0, 0.05) is 6.04 Å². The van der Waals surface area contributed by atoms with E-state index in [9.17, 15) is 9.59 Å². The number of urea groups is 1. The Morgan fingerprint density at radius 1 is 1.29 bits per heavy atom. The van der Waals surface area contributed by atoms with Crippen molar-refractivity contribution in [2.45, 2.75) is 25.8 Å². The zero-order valence-corrected chi connectivity index (χ0v) is 18.1. The van der Waals surface area contributed by atoms with E-state index in [1.165, 1.54) is 22.6 Å². The Bertz CT molecular complexity index is 1200. The molecule has 4 heterocycles. The number of likely N-dealkylation sites (tertiary alicyclic amines) is 1. The first-order chi connectivity index (χ1) is 14.9. The minimum absolute atomic E-state index is 0.123. The molecule has 3 aromatic rings. The summed E-state index contributed by atoms with van der Waals surface area (Å²) in [7, 11) is 8.14. The van der Waals surface area contributed by atoms with Gasteiger partial charge >= 0.3 is 6.03 Å². The lowest BCUT2D eigenvalue weighted by Crippen LogP contribution is -2.43. The summed E-state index contributed by atoms with van der Waals surface area (Å²) in [6.07, 6.45) is 3.23.